The summed E-state index contributed by atoms with van der Waals surface area (Å²) in [5, 5.41) is 1.03. The topological polar surface area (TPSA) is 33.2 Å². The molecule has 0 bridgehead atoms. The highest BCUT2D eigenvalue weighted by Crippen LogP contribution is 2.16. The molecule has 3 nitrogen and oxygen atoms in total. The van der Waals surface area contributed by atoms with Crippen LogP contribution in [0.25, 0.3) is 10.9 Å². The highest BCUT2D eigenvalue weighted by Gasteiger charge is 2.09. The maximum Gasteiger partial charge on any atom is 0.254 e. The number of amides is 1. The molecule has 1 aromatic heterocycles. The van der Waals surface area contributed by atoms with E-state index < -0.39 is 0 Å². The molecule has 1 aromatic carbocycles. The second-order valence-corrected chi connectivity index (χ2v) is 4.30. The molecule has 0 unspecified atom stereocenters. The van der Waals surface area contributed by atoms with Gasteiger partial charge in [0.05, 0.1) is 11.1 Å². The lowest BCUT2D eigenvalue weighted by atomic mass is 10.1. The van der Waals surface area contributed by atoms with Crippen LogP contribution in [0.15, 0.2) is 30.5 Å². The van der Waals surface area contributed by atoms with Crippen LogP contribution in [0.3, 0.4) is 0 Å². The van der Waals surface area contributed by atoms with Crippen molar-refractivity contribution in [3.05, 3.63) is 41.6 Å². The molecule has 3 heteroatoms. The van der Waals surface area contributed by atoms with Crippen LogP contribution in [0, 0.1) is 0 Å². The van der Waals surface area contributed by atoms with Gasteiger partial charge in [0.15, 0.2) is 0 Å². The minimum atomic E-state index is -0.0127. The zero-order chi connectivity index (χ0) is 12.4. The normalized spacial score (nSPS) is 10.5. The van der Waals surface area contributed by atoms with Crippen molar-refractivity contribution in [1.82, 2.24) is 9.88 Å². The van der Waals surface area contributed by atoms with Crippen molar-refractivity contribution in [2.45, 2.75) is 13.3 Å². The molecule has 0 aliphatic heterocycles. The van der Waals surface area contributed by atoms with E-state index in [0.717, 1.165) is 17.3 Å². The van der Waals surface area contributed by atoms with Crippen LogP contribution in [0.4, 0.5) is 0 Å². The van der Waals surface area contributed by atoms with Crippen LogP contribution in [0.2, 0.25) is 0 Å². The average molecular weight is 228 g/mol. The Kier molecular flexibility index (Phi) is 3.09. The lowest BCUT2D eigenvalue weighted by Gasteiger charge is -2.10. The van der Waals surface area contributed by atoms with Crippen LogP contribution in [-0.4, -0.2) is 29.9 Å². The number of nitrogens with zero attached hydrogens (tertiary/aromatic N) is 2. The number of benzene rings is 1. The lowest BCUT2D eigenvalue weighted by molar-refractivity contribution is 0.0827. The van der Waals surface area contributed by atoms with Crippen molar-refractivity contribution in [3.8, 4) is 0 Å². The third-order valence-corrected chi connectivity index (χ3v) is 2.81. The van der Waals surface area contributed by atoms with E-state index in [0.29, 0.717) is 5.56 Å². The molecule has 0 spiro atoms. The number of hydrogen-bond donors (Lipinski definition) is 0. The maximum absolute atomic E-state index is 11.8. The molecule has 0 aliphatic rings. The van der Waals surface area contributed by atoms with Crippen LogP contribution >= 0.6 is 0 Å². The molecule has 1 amide bonds. The Morgan fingerprint density at radius 3 is 2.71 bits per heavy atom. The number of pyridine rings is 1. The van der Waals surface area contributed by atoms with Crippen molar-refractivity contribution in [3.63, 3.8) is 0 Å². The molecule has 1 heterocycles. The summed E-state index contributed by atoms with van der Waals surface area (Å²) in [7, 11) is 3.49. The van der Waals surface area contributed by atoms with E-state index in [4.69, 9.17) is 0 Å². The highest BCUT2D eigenvalue weighted by atomic mass is 16.2. The van der Waals surface area contributed by atoms with Gasteiger partial charge in [0.1, 0.15) is 0 Å². The number of fused-ring (bicyclic) bond motifs is 1. The Morgan fingerprint density at radius 1 is 1.29 bits per heavy atom. The highest BCUT2D eigenvalue weighted by molar-refractivity contribution is 5.97. The summed E-state index contributed by atoms with van der Waals surface area (Å²) in [6.45, 7) is 2.11. The first-order valence-corrected chi connectivity index (χ1v) is 5.72. The second-order valence-electron chi connectivity index (χ2n) is 4.30. The van der Waals surface area contributed by atoms with Crippen LogP contribution in [-0.2, 0) is 6.42 Å². The Bertz CT molecular complexity index is 561. The third kappa shape index (κ3) is 2.28. The molecule has 0 N–H and O–H groups in total. The molecule has 0 saturated heterocycles. The van der Waals surface area contributed by atoms with E-state index in [1.165, 1.54) is 5.56 Å². The monoisotopic (exact) mass is 228 g/mol. The zero-order valence-electron chi connectivity index (χ0n) is 10.4. The summed E-state index contributed by atoms with van der Waals surface area (Å²) in [5.41, 5.74) is 2.82. The van der Waals surface area contributed by atoms with Gasteiger partial charge in [-0.05, 0) is 30.2 Å². The van der Waals surface area contributed by atoms with Gasteiger partial charge in [-0.1, -0.05) is 13.0 Å². The van der Waals surface area contributed by atoms with Gasteiger partial charge in [-0.25, -0.2) is 0 Å². The van der Waals surface area contributed by atoms with Crippen molar-refractivity contribution >= 4 is 16.8 Å². The Labute approximate surface area is 101 Å². The van der Waals surface area contributed by atoms with Gasteiger partial charge >= 0.3 is 0 Å². The van der Waals surface area contributed by atoms with E-state index in [-0.39, 0.29) is 5.91 Å². The number of rotatable bonds is 2. The molecule has 17 heavy (non-hydrogen) atoms. The molecule has 0 aliphatic carbocycles. The smallest absolute Gasteiger partial charge is 0.254 e. The maximum atomic E-state index is 11.8. The SMILES string of the molecule is CCc1ccc2ncc(C(=O)N(C)C)cc2c1. The molecule has 0 saturated carbocycles. The first-order chi connectivity index (χ1) is 8.11. The first-order valence-electron chi connectivity index (χ1n) is 5.72. The molecule has 88 valence electrons. The van der Waals surface area contributed by atoms with Gasteiger partial charge in [0.2, 0.25) is 0 Å². The van der Waals surface area contributed by atoms with Crippen LogP contribution in [0.1, 0.15) is 22.8 Å². The standard InChI is InChI=1S/C14H16N2O/c1-4-10-5-6-13-11(7-10)8-12(9-15-13)14(17)16(2)3/h5-9H,4H2,1-3H3. The van der Waals surface area contributed by atoms with Crippen molar-refractivity contribution in [2.24, 2.45) is 0 Å². The van der Waals surface area contributed by atoms with E-state index >= 15 is 0 Å². The van der Waals surface area contributed by atoms with E-state index in [1.807, 2.05) is 12.1 Å². The Balaban J connectivity index is 2.51. The molecule has 0 fully saturated rings. The fourth-order valence-corrected chi connectivity index (χ4v) is 1.78. The van der Waals surface area contributed by atoms with Crippen molar-refractivity contribution in [2.75, 3.05) is 14.1 Å². The number of carbonyl (C=O) groups is 1. The molecule has 0 radical (unpaired) electrons. The largest absolute Gasteiger partial charge is 0.345 e. The van der Waals surface area contributed by atoms with Crippen LogP contribution < -0.4 is 0 Å². The summed E-state index contributed by atoms with van der Waals surface area (Å²) in [6, 6.07) is 8.07. The molecular formula is C14H16N2O. The van der Waals surface area contributed by atoms with E-state index in [2.05, 4.69) is 24.0 Å². The number of hydrogen-bond acceptors (Lipinski definition) is 2. The van der Waals surface area contributed by atoms with Gasteiger partial charge in [0.25, 0.3) is 5.91 Å². The van der Waals surface area contributed by atoms with Crippen molar-refractivity contribution < 1.29 is 4.79 Å². The summed E-state index contributed by atoms with van der Waals surface area (Å²) in [6.07, 6.45) is 2.62. The van der Waals surface area contributed by atoms with Gasteiger partial charge in [0, 0.05) is 25.7 Å². The predicted molar refractivity (Wildman–Crippen MR) is 69.1 cm³/mol. The lowest BCUT2D eigenvalue weighted by Crippen LogP contribution is -2.21. The number of aryl methyl sites for hydroxylation is 1. The first kappa shape index (κ1) is 11.6. The van der Waals surface area contributed by atoms with E-state index in [9.17, 15) is 4.79 Å². The predicted octanol–water partition coefficient (Wildman–Crippen LogP) is 2.50. The van der Waals surface area contributed by atoms with Gasteiger partial charge < -0.3 is 4.90 Å². The molecule has 2 rings (SSSR count). The summed E-state index contributed by atoms with van der Waals surface area (Å²) >= 11 is 0. The van der Waals surface area contributed by atoms with Gasteiger partial charge in [-0.15, -0.1) is 0 Å². The van der Waals surface area contributed by atoms with Crippen LogP contribution in [0.5, 0.6) is 0 Å². The average Bonchev–Trinajstić information content (AvgIpc) is 2.36. The zero-order valence-corrected chi connectivity index (χ0v) is 10.4. The fraction of sp³-hybridized carbons (Fsp3) is 0.286. The summed E-state index contributed by atoms with van der Waals surface area (Å²) in [5.74, 6) is -0.0127. The number of carbonyl (C=O) groups excluding carboxylic acids is 1. The molecule has 2 aromatic rings. The quantitative estimate of drug-likeness (QED) is 0.791. The number of aromatic nitrogens is 1. The summed E-state index contributed by atoms with van der Waals surface area (Å²) < 4.78 is 0. The molecule has 0 atom stereocenters. The second kappa shape index (κ2) is 4.53. The van der Waals surface area contributed by atoms with Gasteiger partial charge in [-0.2, -0.15) is 0 Å². The minimum absolute atomic E-state index is 0.0127. The summed E-state index contributed by atoms with van der Waals surface area (Å²) in [4.78, 5) is 17.7. The third-order valence-electron chi connectivity index (χ3n) is 2.81. The fourth-order valence-electron chi connectivity index (χ4n) is 1.78. The minimum Gasteiger partial charge on any atom is -0.345 e. The Morgan fingerprint density at radius 2 is 2.06 bits per heavy atom. The van der Waals surface area contributed by atoms with E-state index in [1.54, 1.807) is 25.2 Å². The molecular weight excluding hydrogens is 212 g/mol. The van der Waals surface area contributed by atoms with Gasteiger partial charge in [-0.3, -0.25) is 9.78 Å². The van der Waals surface area contributed by atoms with Crippen molar-refractivity contribution in [1.29, 1.82) is 0 Å². The Hall–Kier alpha value is -1.90.